The Morgan fingerprint density at radius 2 is 1.88 bits per heavy atom. The van der Waals surface area contributed by atoms with Gasteiger partial charge in [-0.3, -0.25) is 4.79 Å². The molecule has 0 bridgehead atoms. The van der Waals surface area contributed by atoms with Crippen LogP contribution in [0.4, 0.5) is 13.2 Å². The predicted molar refractivity (Wildman–Crippen MR) is 116 cm³/mol. The predicted octanol–water partition coefficient (Wildman–Crippen LogP) is 5.24. The third kappa shape index (κ3) is 5.54. The summed E-state index contributed by atoms with van der Waals surface area (Å²) in [5, 5.41) is 9.36. The number of methoxy groups -OCH3 is 1. The molecular formula is C23H24F3N3O2S. The first kappa shape index (κ1) is 23.9. The minimum Gasteiger partial charge on any atom is -0.497 e. The van der Waals surface area contributed by atoms with E-state index in [-0.39, 0.29) is 22.4 Å². The fourth-order valence-corrected chi connectivity index (χ4v) is 4.86. The highest BCUT2D eigenvalue weighted by atomic mass is 32.2. The number of nitrogens with zero attached hydrogens (tertiary/aromatic N) is 3. The van der Waals surface area contributed by atoms with E-state index in [1.165, 1.54) is 7.11 Å². The number of rotatable bonds is 5. The van der Waals surface area contributed by atoms with E-state index in [9.17, 15) is 23.2 Å². The van der Waals surface area contributed by atoms with Gasteiger partial charge in [-0.15, -0.1) is 0 Å². The highest BCUT2D eigenvalue weighted by molar-refractivity contribution is 8.00. The molecule has 0 spiro atoms. The SMILES string of the molecule is COc1ccc(-c2cc(C(F)(F)F)c(C#N)c(SCC(=O)N3C[C@H](C)C[C@@H](C)C3)n2)cc1. The summed E-state index contributed by atoms with van der Waals surface area (Å²) in [5.41, 5.74) is -1.09. The number of aromatic nitrogens is 1. The van der Waals surface area contributed by atoms with Crippen LogP contribution in [0.5, 0.6) is 5.75 Å². The highest BCUT2D eigenvalue weighted by Gasteiger charge is 2.36. The Morgan fingerprint density at radius 1 is 1.25 bits per heavy atom. The number of ether oxygens (including phenoxy) is 1. The molecule has 0 saturated carbocycles. The Balaban J connectivity index is 1.92. The van der Waals surface area contributed by atoms with Crippen LogP contribution in [-0.4, -0.2) is 41.7 Å². The third-order valence-corrected chi connectivity index (χ3v) is 6.30. The first-order chi connectivity index (χ1) is 15.1. The van der Waals surface area contributed by atoms with Gasteiger partial charge in [-0.1, -0.05) is 25.6 Å². The number of carbonyl (C=O) groups is 1. The van der Waals surface area contributed by atoms with Crippen molar-refractivity contribution in [2.24, 2.45) is 11.8 Å². The summed E-state index contributed by atoms with van der Waals surface area (Å²) in [7, 11) is 1.49. The minimum atomic E-state index is -4.73. The van der Waals surface area contributed by atoms with Gasteiger partial charge in [0.1, 0.15) is 16.8 Å². The van der Waals surface area contributed by atoms with Crippen molar-refractivity contribution in [1.82, 2.24) is 9.88 Å². The monoisotopic (exact) mass is 463 g/mol. The largest absolute Gasteiger partial charge is 0.497 e. The number of likely N-dealkylation sites (tertiary alicyclic amines) is 1. The fraction of sp³-hybridized carbons (Fsp3) is 0.435. The van der Waals surface area contributed by atoms with Gasteiger partial charge in [0, 0.05) is 18.7 Å². The molecule has 1 aromatic carbocycles. The van der Waals surface area contributed by atoms with E-state index in [0.717, 1.165) is 24.2 Å². The van der Waals surface area contributed by atoms with E-state index in [2.05, 4.69) is 18.8 Å². The molecule has 5 nitrogen and oxygen atoms in total. The van der Waals surface area contributed by atoms with Crippen LogP contribution in [0.3, 0.4) is 0 Å². The number of pyridine rings is 1. The smallest absolute Gasteiger partial charge is 0.417 e. The Kier molecular flexibility index (Phi) is 7.34. The molecule has 1 amide bonds. The average molecular weight is 464 g/mol. The molecule has 0 aliphatic carbocycles. The minimum absolute atomic E-state index is 0.0779. The lowest BCUT2D eigenvalue weighted by Crippen LogP contribution is -2.43. The average Bonchev–Trinajstić information content (AvgIpc) is 2.75. The first-order valence-electron chi connectivity index (χ1n) is 10.2. The van der Waals surface area contributed by atoms with Crippen LogP contribution in [0.1, 0.15) is 31.4 Å². The summed E-state index contributed by atoms with van der Waals surface area (Å²) in [5.74, 6) is 1.06. The zero-order valence-corrected chi connectivity index (χ0v) is 18.9. The Labute approximate surface area is 189 Å². The molecule has 0 N–H and O–H groups in total. The normalized spacial score (nSPS) is 18.8. The van der Waals surface area contributed by atoms with E-state index >= 15 is 0 Å². The zero-order chi connectivity index (χ0) is 23.5. The number of thioether (sulfide) groups is 1. The van der Waals surface area contributed by atoms with E-state index in [4.69, 9.17) is 4.74 Å². The van der Waals surface area contributed by atoms with Crippen LogP contribution in [0.15, 0.2) is 35.4 Å². The van der Waals surface area contributed by atoms with Gasteiger partial charge in [0.2, 0.25) is 5.91 Å². The van der Waals surface area contributed by atoms with E-state index < -0.39 is 17.3 Å². The molecule has 170 valence electrons. The van der Waals surface area contributed by atoms with Gasteiger partial charge in [-0.05, 0) is 48.6 Å². The van der Waals surface area contributed by atoms with E-state index in [1.807, 2.05) is 0 Å². The molecule has 0 unspecified atom stereocenters. The standard InChI is InChI=1S/C23H24F3N3O2S/c1-14-8-15(2)12-29(11-14)21(30)13-32-22-18(10-27)19(23(24,25)26)9-20(28-22)16-4-6-17(31-3)7-5-16/h4-7,9,14-15H,8,11-13H2,1-3H3/t14-,15-/m1/s1. The lowest BCUT2D eigenvalue weighted by molar-refractivity contribution is -0.138. The highest BCUT2D eigenvalue weighted by Crippen LogP contribution is 2.38. The third-order valence-electron chi connectivity index (χ3n) is 5.34. The number of piperidine rings is 1. The number of benzene rings is 1. The quantitative estimate of drug-likeness (QED) is 0.567. The summed E-state index contributed by atoms with van der Waals surface area (Å²) >= 11 is 0.873. The molecule has 2 aromatic rings. The maximum atomic E-state index is 13.7. The molecule has 9 heteroatoms. The number of carbonyl (C=O) groups excluding carboxylic acids is 1. The van der Waals surface area contributed by atoms with Crippen LogP contribution in [0.2, 0.25) is 0 Å². The van der Waals surface area contributed by atoms with Crippen molar-refractivity contribution in [2.75, 3.05) is 26.0 Å². The number of hydrogen-bond acceptors (Lipinski definition) is 5. The summed E-state index contributed by atoms with van der Waals surface area (Å²) in [4.78, 5) is 18.8. The van der Waals surface area contributed by atoms with Crippen molar-refractivity contribution < 1.29 is 22.7 Å². The number of nitriles is 1. The Morgan fingerprint density at radius 3 is 2.41 bits per heavy atom. The molecule has 2 heterocycles. The molecule has 0 radical (unpaired) electrons. The van der Waals surface area contributed by atoms with Crippen molar-refractivity contribution >= 4 is 17.7 Å². The molecule has 1 fully saturated rings. The van der Waals surface area contributed by atoms with Gasteiger partial charge in [0.25, 0.3) is 0 Å². The second-order valence-electron chi connectivity index (χ2n) is 8.11. The Bertz CT molecular complexity index is 1010. The van der Waals surface area contributed by atoms with Gasteiger partial charge in [0.05, 0.1) is 29.7 Å². The summed E-state index contributed by atoms with van der Waals surface area (Å²) < 4.78 is 46.3. The molecule has 32 heavy (non-hydrogen) atoms. The van der Waals surface area contributed by atoms with Crippen LogP contribution in [0.25, 0.3) is 11.3 Å². The van der Waals surface area contributed by atoms with Crippen molar-refractivity contribution in [3.05, 3.63) is 41.5 Å². The number of halogens is 3. The van der Waals surface area contributed by atoms with Gasteiger partial charge in [-0.2, -0.15) is 18.4 Å². The van der Waals surface area contributed by atoms with E-state index in [1.54, 1.807) is 35.2 Å². The molecule has 1 aromatic heterocycles. The second-order valence-corrected chi connectivity index (χ2v) is 9.07. The van der Waals surface area contributed by atoms with Gasteiger partial charge >= 0.3 is 6.18 Å². The van der Waals surface area contributed by atoms with Crippen molar-refractivity contribution in [3.8, 4) is 23.1 Å². The molecule has 2 atom stereocenters. The first-order valence-corrected chi connectivity index (χ1v) is 11.2. The fourth-order valence-electron chi connectivity index (χ4n) is 3.96. The molecule has 1 aliphatic heterocycles. The topological polar surface area (TPSA) is 66.2 Å². The summed E-state index contributed by atoms with van der Waals surface area (Å²) in [6, 6.07) is 8.96. The lowest BCUT2D eigenvalue weighted by Gasteiger charge is -2.35. The van der Waals surface area contributed by atoms with Crippen LogP contribution in [0, 0.1) is 23.2 Å². The van der Waals surface area contributed by atoms with Crippen molar-refractivity contribution in [1.29, 1.82) is 5.26 Å². The van der Waals surface area contributed by atoms with Crippen molar-refractivity contribution in [2.45, 2.75) is 31.5 Å². The zero-order valence-electron chi connectivity index (χ0n) is 18.1. The summed E-state index contributed by atoms with van der Waals surface area (Å²) in [6.07, 6.45) is -3.69. The van der Waals surface area contributed by atoms with Crippen LogP contribution < -0.4 is 4.74 Å². The van der Waals surface area contributed by atoms with E-state index in [0.29, 0.717) is 36.2 Å². The molecule has 3 rings (SSSR count). The molecular weight excluding hydrogens is 439 g/mol. The molecule has 1 aliphatic rings. The van der Waals surface area contributed by atoms with Gasteiger partial charge in [-0.25, -0.2) is 4.98 Å². The van der Waals surface area contributed by atoms with Gasteiger partial charge in [0.15, 0.2) is 0 Å². The lowest BCUT2D eigenvalue weighted by atomic mass is 9.92. The van der Waals surface area contributed by atoms with Crippen LogP contribution in [-0.2, 0) is 11.0 Å². The summed E-state index contributed by atoms with van der Waals surface area (Å²) in [6.45, 7) is 5.41. The maximum absolute atomic E-state index is 13.7. The van der Waals surface area contributed by atoms with Crippen molar-refractivity contribution in [3.63, 3.8) is 0 Å². The number of alkyl halides is 3. The second kappa shape index (κ2) is 9.82. The Hall–Kier alpha value is -2.73. The van der Waals surface area contributed by atoms with Crippen LogP contribution >= 0.6 is 11.8 Å². The van der Waals surface area contributed by atoms with Gasteiger partial charge < -0.3 is 9.64 Å². The number of hydrogen-bond donors (Lipinski definition) is 0. The number of amides is 1. The maximum Gasteiger partial charge on any atom is 0.417 e. The molecule has 1 saturated heterocycles.